The maximum atomic E-state index is 11.5. The molecule has 3 N–H and O–H groups in total. The number of carbonyl (C=O) groups is 2. The lowest BCUT2D eigenvalue weighted by Gasteiger charge is -2.05. The number of hydrogen-bond donors (Lipinski definition) is 3. The largest absolute Gasteiger partial charge is 0.478 e. The number of carboxylic acids is 1. The average Bonchev–Trinajstić information content (AvgIpc) is 3.14. The van der Waals surface area contributed by atoms with Crippen molar-refractivity contribution in [2.45, 2.75) is 39.2 Å². The number of carbonyl (C=O) groups excluding carboxylic acids is 1. The summed E-state index contributed by atoms with van der Waals surface area (Å²) < 4.78 is 5.27. The summed E-state index contributed by atoms with van der Waals surface area (Å²) in [6, 6.07) is 1.18. The molecule has 0 unspecified atom stereocenters. The van der Waals surface area contributed by atoms with Gasteiger partial charge in [-0.1, -0.05) is 12.8 Å². The minimum Gasteiger partial charge on any atom is -0.478 e. The van der Waals surface area contributed by atoms with Gasteiger partial charge in [0.05, 0.1) is 6.54 Å². The van der Waals surface area contributed by atoms with Crippen molar-refractivity contribution in [3.8, 4) is 0 Å². The molecule has 0 aromatic carbocycles. The van der Waals surface area contributed by atoms with Crippen LogP contribution in [0.3, 0.4) is 0 Å². The van der Waals surface area contributed by atoms with Gasteiger partial charge in [-0.3, -0.25) is 0 Å². The van der Waals surface area contributed by atoms with E-state index in [1.54, 1.807) is 6.92 Å². The van der Waals surface area contributed by atoms with Crippen LogP contribution in [0.1, 0.15) is 47.6 Å². The number of urea groups is 1. The molecule has 0 spiro atoms. The summed E-state index contributed by atoms with van der Waals surface area (Å²) in [7, 11) is 0. The molecule has 1 aromatic rings. The van der Waals surface area contributed by atoms with Crippen LogP contribution >= 0.6 is 0 Å². The number of carboxylic acid groups (broad SMARTS) is 1. The Morgan fingerprint density at radius 2 is 2.15 bits per heavy atom. The molecule has 2 amide bonds. The van der Waals surface area contributed by atoms with Crippen LogP contribution in [-0.4, -0.2) is 23.7 Å². The van der Waals surface area contributed by atoms with E-state index in [0.29, 0.717) is 18.1 Å². The molecule has 1 aliphatic rings. The van der Waals surface area contributed by atoms with Crippen molar-refractivity contribution < 1.29 is 19.1 Å². The van der Waals surface area contributed by atoms with Gasteiger partial charge in [-0.05, 0) is 31.7 Å². The van der Waals surface area contributed by atoms with Gasteiger partial charge in [-0.2, -0.15) is 0 Å². The van der Waals surface area contributed by atoms with E-state index in [4.69, 9.17) is 9.52 Å². The summed E-state index contributed by atoms with van der Waals surface area (Å²) in [4.78, 5) is 22.4. The molecule has 0 radical (unpaired) electrons. The zero-order chi connectivity index (χ0) is 14.5. The van der Waals surface area contributed by atoms with E-state index in [9.17, 15) is 9.59 Å². The zero-order valence-electron chi connectivity index (χ0n) is 11.6. The number of rotatable bonds is 7. The van der Waals surface area contributed by atoms with Gasteiger partial charge in [0.25, 0.3) is 0 Å². The molecule has 1 aliphatic carbocycles. The first-order chi connectivity index (χ1) is 9.56. The summed E-state index contributed by atoms with van der Waals surface area (Å²) in [6.07, 6.45) is 4.84. The molecule has 1 heterocycles. The van der Waals surface area contributed by atoms with E-state index in [1.807, 2.05) is 0 Å². The Kier molecular flexibility index (Phi) is 4.65. The molecule has 6 nitrogen and oxygen atoms in total. The Morgan fingerprint density at radius 3 is 2.75 bits per heavy atom. The molecule has 1 aromatic heterocycles. The highest BCUT2D eigenvalue weighted by Gasteiger charge is 2.20. The van der Waals surface area contributed by atoms with E-state index in [1.165, 1.54) is 25.3 Å². The van der Waals surface area contributed by atoms with E-state index in [0.717, 1.165) is 12.3 Å². The molecule has 2 rings (SSSR count). The van der Waals surface area contributed by atoms with Gasteiger partial charge in [-0.15, -0.1) is 0 Å². The maximum absolute atomic E-state index is 11.5. The topological polar surface area (TPSA) is 91.6 Å². The van der Waals surface area contributed by atoms with Crippen LogP contribution < -0.4 is 10.6 Å². The minimum atomic E-state index is -1.03. The van der Waals surface area contributed by atoms with Crippen LogP contribution in [0.15, 0.2) is 10.5 Å². The highest BCUT2D eigenvalue weighted by molar-refractivity contribution is 5.88. The van der Waals surface area contributed by atoms with Crippen LogP contribution in [0.25, 0.3) is 0 Å². The molecule has 6 heteroatoms. The van der Waals surface area contributed by atoms with E-state index in [-0.39, 0.29) is 18.1 Å². The Bertz CT molecular complexity index is 491. The number of hydrogen-bond acceptors (Lipinski definition) is 3. The fourth-order valence-corrected chi connectivity index (χ4v) is 2.07. The molecule has 1 fully saturated rings. The SMILES string of the molecule is Cc1oc(CNC(=O)NCCCC2CC2)cc1C(=O)O. The number of amides is 2. The quantitative estimate of drug-likeness (QED) is 0.668. The van der Waals surface area contributed by atoms with Crippen molar-refractivity contribution in [1.29, 1.82) is 0 Å². The van der Waals surface area contributed by atoms with Crippen molar-refractivity contribution in [1.82, 2.24) is 10.6 Å². The van der Waals surface area contributed by atoms with Gasteiger partial charge in [0, 0.05) is 6.54 Å². The van der Waals surface area contributed by atoms with Crippen LogP contribution in [0.4, 0.5) is 4.79 Å². The Balaban J connectivity index is 1.66. The lowest BCUT2D eigenvalue weighted by Crippen LogP contribution is -2.35. The van der Waals surface area contributed by atoms with Crippen LogP contribution in [0.5, 0.6) is 0 Å². The summed E-state index contributed by atoms with van der Waals surface area (Å²) in [5.41, 5.74) is 0.131. The summed E-state index contributed by atoms with van der Waals surface area (Å²) in [6.45, 7) is 2.44. The van der Waals surface area contributed by atoms with Crippen LogP contribution in [-0.2, 0) is 6.54 Å². The number of aromatic carboxylic acids is 1. The molecular formula is C14H20N2O4. The second kappa shape index (κ2) is 6.45. The number of aryl methyl sites for hydroxylation is 1. The molecule has 0 atom stereocenters. The van der Waals surface area contributed by atoms with E-state index < -0.39 is 5.97 Å². The van der Waals surface area contributed by atoms with E-state index >= 15 is 0 Å². The zero-order valence-corrected chi connectivity index (χ0v) is 11.6. The fourth-order valence-electron chi connectivity index (χ4n) is 2.07. The molecule has 1 saturated carbocycles. The molecular weight excluding hydrogens is 260 g/mol. The molecule has 0 aliphatic heterocycles. The average molecular weight is 280 g/mol. The van der Waals surface area contributed by atoms with Gasteiger partial charge in [0.1, 0.15) is 17.1 Å². The van der Waals surface area contributed by atoms with Crippen molar-refractivity contribution in [2.24, 2.45) is 5.92 Å². The van der Waals surface area contributed by atoms with Gasteiger partial charge < -0.3 is 20.2 Å². The first-order valence-electron chi connectivity index (χ1n) is 6.90. The number of nitrogens with one attached hydrogen (secondary N) is 2. The maximum Gasteiger partial charge on any atom is 0.339 e. The Morgan fingerprint density at radius 1 is 1.40 bits per heavy atom. The first-order valence-corrected chi connectivity index (χ1v) is 6.90. The van der Waals surface area contributed by atoms with Crippen molar-refractivity contribution in [2.75, 3.05) is 6.54 Å². The third kappa shape index (κ3) is 4.29. The molecule has 20 heavy (non-hydrogen) atoms. The van der Waals surface area contributed by atoms with E-state index in [2.05, 4.69) is 10.6 Å². The van der Waals surface area contributed by atoms with Gasteiger partial charge in [0.2, 0.25) is 0 Å². The Labute approximate surface area is 117 Å². The summed E-state index contributed by atoms with van der Waals surface area (Å²) in [5.74, 6) is 0.634. The van der Waals surface area contributed by atoms with Gasteiger partial charge in [-0.25, -0.2) is 9.59 Å². The standard InChI is InChI=1S/C14H20N2O4/c1-9-12(13(17)18)7-11(20-9)8-16-14(19)15-6-2-3-10-4-5-10/h7,10H,2-6,8H2,1H3,(H,17,18)(H2,15,16,19). The molecule has 0 saturated heterocycles. The summed E-state index contributed by atoms with van der Waals surface area (Å²) >= 11 is 0. The third-order valence-corrected chi connectivity index (χ3v) is 3.39. The lowest BCUT2D eigenvalue weighted by atomic mass is 10.2. The monoisotopic (exact) mass is 280 g/mol. The fraction of sp³-hybridized carbons (Fsp3) is 0.571. The second-order valence-corrected chi connectivity index (χ2v) is 5.18. The highest BCUT2D eigenvalue weighted by Crippen LogP contribution is 2.33. The van der Waals surface area contributed by atoms with Gasteiger partial charge in [0.15, 0.2) is 0 Å². The van der Waals surface area contributed by atoms with Crippen molar-refractivity contribution in [3.05, 3.63) is 23.2 Å². The first kappa shape index (κ1) is 14.4. The van der Waals surface area contributed by atoms with Crippen LogP contribution in [0.2, 0.25) is 0 Å². The molecule has 110 valence electrons. The van der Waals surface area contributed by atoms with Crippen molar-refractivity contribution in [3.63, 3.8) is 0 Å². The summed E-state index contributed by atoms with van der Waals surface area (Å²) in [5, 5.41) is 14.3. The van der Waals surface area contributed by atoms with Crippen molar-refractivity contribution >= 4 is 12.0 Å². The van der Waals surface area contributed by atoms with Crippen LogP contribution in [0, 0.1) is 12.8 Å². The van der Waals surface area contributed by atoms with Gasteiger partial charge >= 0.3 is 12.0 Å². The number of furan rings is 1. The Hall–Kier alpha value is -1.98. The lowest BCUT2D eigenvalue weighted by molar-refractivity contribution is 0.0695. The highest BCUT2D eigenvalue weighted by atomic mass is 16.4. The smallest absolute Gasteiger partial charge is 0.339 e. The predicted octanol–water partition coefficient (Wildman–Crippen LogP) is 2.28. The minimum absolute atomic E-state index is 0.131. The molecule has 0 bridgehead atoms. The second-order valence-electron chi connectivity index (χ2n) is 5.18. The normalized spacial score (nSPS) is 14.1. The predicted molar refractivity (Wildman–Crippen MR) is 72.6 cm³/mol. The third-order valence-electron chi connectivity index (χ3n) is 3.39.